The molecule has 1 heterocycles. The van der Waals surface area contributed by atoms with Crippen LogP contribution in [0.1, 0.15) is 232 Å². The monoisotopic (exact) mass is 918 g/mol. The van der Waals surface area contributed by atoms with Gasteiger partial charge in [-0.3, -0.25) is 9.35 Å². The van der Waals surface area contributed by atoms with Crippen LogP contribution in [0.5, 0.6) is 0 Å². The average Bonchev–Trinajstić information content (AvgIpc) is 3.25. The maximum Gasteiger partial charge on any atom is 0.397 e. The number of aliphatic hydroxyl groups is 4. The number of hydrogen-bond donors (Lipinski definition) is 6. The van der Waals surface area contributed by atoms with Crippen LogP contribution in [0.25, 0.3) is 0 Å². The highest BCUT2D eigenvalue weighted by atomic mass is 32.3. The maximum atomic E-state index is 13.0. The highest BCUT2D eigenvalue weighted by Gasteiger charge is 2.48. The van der Waals surface area contributed by atoms with Crippen LogP contribution >= 0.6 is 0 Å². The minimum absolute atomic E-state index is 0.259. The minimum Gasteiger partial charge on any atom is -0.394 e. The van der Waals surface area contributed by atoms with Gasteiger partial charge in [0.1, 0.15) is 24.4 Å². The van der Waals surface area contributed by atoms with Gasteiger partial charge in [-0.2, -0.15) is 8.42 Å². The third kappa shape index (κ3) is 33.7. The van der Waals surface area contributed by atoms with Gasteiger partial charge in [-0.05, 0) is 38.5 Å². The molecule has 1 rings (SSSR count). The quantitative estimate of drug-likeness (QED) is 0.0194. The summed E-state index contributed by atoms with van der Waals surface area (Å²) in [6, 6.07) is -0.946. The summed E-state index contributed by atoms with van der Waals surface area (Å²) in [5, 5.41) is 44.7. The molecule has 63 heavy (non-hydrogen) atoms. The summed E-state index contributed by atoms with van der Waals surface area (Å²) >= 11 is 0. The molecule has 7 atom stereocenters. The smallest absolute Gasteiger partial charge is 0.394 e. The summed E-state index contributed by atoms with van der Waals surface area (Å²) in [7, 11) is -5.08. The van der Waals surface area contributed by atoms with Crippen LogP contribution in [0.3, 0.4) is 0 Å². The first-order valence-electron chi connectivity index (χ1n) is 25.7. The lowest BCUT2D eigenvalue weighted by atomic mass is 9.99. The third-order valence-electron chi connectivity index (χ3n) is 12.2. The third-order valence-corrected chi connectivity index (χ3v) is 12.7. The molecule has 0 saturated carbocycles. The van der Waals surface area contributed by atoms with E-state index in [1.807, 2.05) is 6.08 Å². The Morgan fingerprint density at radius 3 is 1.48 bits per heavy atom. The van der Waals surface area contributed by atoms with Gasteiger partial charge in [0.25, 0.3) is 0 Å². The molecule has 6 N–H and O–H groups in total. The van der Waals surface area contributed by atoms with Gasteiger partial charge in [-0.25, -0.2) is 4.18 Å². The van der Waals surface area contributed by atoms with E-state index in [9.17, 15) is 38.2 Å². The Hall–Kier alpha value is -1.42. The number of ether oxygens (including phenoxy) is 2. The van der Waals surface area contributed by atoms with Crippen molar-refractivity contribution in [3.63, 3.8) is 0 Å². The van der Waals surface area contributed by atoms with Gasteiger partial charge in [-0.1, -0.05) is 212 Å². The summed E-state index contributed by atoms with van der Waals surface area (Å²) in [5.74, 6) is -0.272. The van der Waals surface area contributed by atoms with E-state index in [-0.39, 0.29) is 18.9 Å². The zero-order chi connectivity index (χ0) is 46.2. The van der Waals surface area contributed by atoms with Crippen LogP contribution in [-0.2, 0) is 28.9 Å². The molecule has 0 radical (unpaired) electrons. The number of allylic oxidation sites excluding steroid dienone is 3. The van der Waals surface area contributed by atoms with Crippen molar-refractivity contribution in [3.05, 3.63) is 24.3 Å². The molecule has 1 saturated heterocycles. The predicted octanol–water partition coefficient (Wildman–Crippen LogP) is 10.9. The number of amides is 1. The van der Waals surface area contributed by atoms with E-state index in [2.05, 4.69) is 35.5 Å². The minimum atomic E-state index is -5.08. The molecule has 7 unspecified atom stereocenters. The number of aliphatic hydroxyl groups excluding tert-OH is 4. The molecule has 0 aliphatic carbocycles. The Labute approximate surface area is 384 Å². The van der Waals surface area contributed by atoms with E-state index < -0.39 is 59.9 Å². The van der Waals surface area contributed by atoms with E-state index in [4.69, 9.17) is 9.47 Å². The number of unbranched alkanes of at least 4 members (excludes halogenated alkanes) is 30. The summed E-state index contributed by atoms with van der Waals surface area (Å²) in [6.45, 7) is 3.35. The summed E-state index contributed by atoms with van der Waals surface area (Å²) in [4.78, 5) is 13.0. The van der Waals surface area contributed by atoms with E-state index in [1.165, 1.54) is 148 Å². The molecule has 1 aliphatic heterocycles. The van der Waals surface area contributed by atoms with E-state index >= 15 is 0 Å². The molecule has 0 bridgehead atoms. The topological polar surface area (TPSA) is 192 Å². The van der Waals surface area contributed by atoms with E-state index in [1.54, 1.807) is 6.08 Å². The van der Waals surface area contributed by atoms with Crippen molar-refractivity contribution in [1.29, 1.82) is 0 Å². The van der Waals surface area contributed by atoms with Gasteiger partial charge >= 0.3 is 10.4 Å². The summed E-state index contributed by atoms with van der Waals surface area (Å²) < 4.78 is 47.6. The molecule has 0 aromatic rings. The van der Waals surface area contributed by atoms with Crippen LogP contribution < -0.4 is 5.32 Å². The second-order valence-corrected chi connectivity index (χ2v) is 19.2. The molecular formula is C50H95NO11S. The van der Waals surface area contributed by atoms with Gasteiger partial charge in [0, 0.05) is 6.42 Å². The van der Waals surface area contributed by atoms with Crippen molar-refractivity contribution in [2.24, 2.45) is 0 Å². The molecule has 0 aromatic carbocycles. The Kier molecular flexibility index (Phi) is 38.6. The fourth-order valence-corrected chi connectivity index (χ4v) is 8.71. The van der Waals surface area contributed by atoms with Crippen molar-refractivity contribution < 1.29 is 51.8 Å². The highest BCUT2D eigenvalue weighted by Crippen LogP contribution is 2.26. The molecule has 372 valence electrons. The van der Waals surface area contributed by atoms with Crippen molar-refractivity contribution in [1.82, 2.24) is 5.32 Å². The Morgan fingerprint density at radius 1 is 0.619 bits per heavy atom. The van der Waals surface area contributed by atoms with Gasteiger partial charge in [-0.15, -0.1) is 0 Å². The fraction of sp³-hybridized carbons (Fsp3) is 0.900. The zero-order valence-corrected chi connectivity index (χ0v) is 40.7. The molecule has 0 spiro atoms. The van der Waals surface area contributed by atoms with Crippen molar-refractivity contribution in [3.8, 4) is 0 Å². The maximum absolute atomic E-state index is 13.0. The fourth-order valence-electron chi connectivity index (χ4n) is 8.20. The standard InChI is InChI=1S/C50H95NO11S/c1-3-5-7-9-11-13-15-16-17-18-19-20-21-22-23-24-25-26-27-28-30-31-33-35-37-39-44(53)43(51-46(54)40-38-36-34-32-29-14-12-10-8-6-4-2)42-60-50-48(56)49(62-63(57,58)59)47(55)45(41-52)61-50/h10,12,37,39,43-45,47-50,52-53,55-56H,3-9,11,13-36,38,40-42H2,1-2H3,(H,51,54)(H,57,58,59)/b12-10-,39-37+. The van der Waals surface area contributed by atoms with Crippen molar-refractivity contribution in [2.45, 2.75) is 275 Å². The lowest BCUT2D eigenvalue weighted by molar-refractivity contribution is -0.298. The van der Waals surface area contributed by atoms with Crippen LogP contribution in [0.15, 0.2) is 24.3 Å². The number of nitrogens with one attached hydrogen (secondary N) is 1. The normalized spacial score (nSPS) is 20.5. The number of carbonyl (C=O) groups excluding carboxylic acids is 1. The summed E-state index contributed by atoms with van der Waals surface area (Å²) in [5.41, 5.74) is 0. The average molecular weight is 918 g/mol. The van der Waals surface area contributed by atoms with E-state index in [0.29, 0.717) is 6.42 Å². The molecular weight excluding hydrogens is 823 g/mol. The van der Waals surface area contributed by atoms with Crippen LogP contribution in [0.4, 0.5) is 0 Å². The number of rotatable bonds is 44. The highest BCUT2D eigenvalue weighted by molar-refractivity contribution is 7.80. The Balaban J connectivity index is 2.38. The molecule has 1 aliphatic rings. The summed E-state index contributed by atoms with van der Waals surface area (Å²) in [6.07, 6.45) is 39.5. The second kappa shape index (κ2) is 40.8. The first kappa shape index (κ1) is 59.6. The second-order valence-electron chi connectivity index (χ2n) is 18.1. The molecule has 12 nitrogen and oxygen atoms in total. The Bertz CT molecular complexity index is 1220. The van der Waals surface area contributed by atoms with Gasteiger partial charge in [0.15, 0.2) is 6.29 Å². The molecule has 0 aromatic heterocycles. The Morgan fingerprint density at radius 2 is 1.03 bits per heavy atom. The first-order chi connectivity index (χ1) is 30.5. The van der Waals surface area contributed by atoms with E-state index in [0.717, 1.165) is 57.8 Å². The molecule has 1 fully saturated rings. The molecule has 1 amide bonds. The van der Waals surface area contributed by atoms with Crippen LogP contribution in [0, 0.1) is 0 Å². The van der Waals surface area contributed by atoms with Gasteiger partial charge in [0.05, 0.1) is 25.4 Å². The van der Waals surface area contributed by atoms with Crippen molar-refractivity contribution >= 4 is 16.3 Å². The lowest BCUT2D eigenvalue weighted by Gasteiger charge is -2.41. The van der Waals surface area contributed by atoms with Crippen LogP contribution in [-0.4, -0.2) is 95.4 Å². The first-order valence-corrected chi connectivity index (χ1v) is 27.1. The van der Waals surface area contributed by atoms with Crippen LogP contribution in [0.2, 0.25) is 0 Å². The number of carbonyl (C=O) groups is 1. The predicted molar refractivity (Wildman–Crippen MR) is 255 cm³/mol. The number of hydrogen-bond acceptors (Lipinski definition) is 10. The zero-order valence-electron chi connectivity index (χ0n) is 39.9. The molecule has 13 heteroatoms. The lowest BCUT2D eigenvalue weighted by Crippen LogP contribution is -2.61. The largest absolute Gasteiger partial charge is 0.397 e. The van der Waals surface area contributed by atoms with Gasteiger partial charge in [0.2, 0.25) is 5.91 Å². The van der Waals surface area contributed by atoms with Crippen molar-refractivity contribution in [2.75, 3.05) is 13.2 Å². The SMILES string of the molecule is CCCC/C=C\CCCCCCCC(=O)NC(COC1OC(CO)C(O)C(OS(=O)(=O)O)C1O)C(O)/C=C/CCCCCCCCCCCCCCCCCCCCCCCCC. The van der Waals surface area contributed by atoms with Gasteiger partial charge < -0.3 is 35.2 Å².